The SMILES string of the molecule is C/C=C/c1ccc(OCC(=O)Nc2ccc(C)cc2O)c(OC)c1. The van der Waals surface area contributed by atoms with Crippen molar-refractivity contribution >= 4 is 17.7 Å². The van der Waals surface area contributed by atoms with E-state index in [0.29, 0.717) is 17.2 Å². The van der Waals surface area contributed by atoms with Crippen LogP contribution in [0.5, 0.6) is 17.2 Å². The Kier molecular flexibility index (Phi) is 5.84. The topological polar surface area (TPSA) is 67.8 Å². The highest BCUT2D eigenvalue weighted by Crippen LogP contribution is 2.29. The Bertz CT molecular complexity index is 753. The molecule has 0 radical (unpaired) electrons. The Morgan fingerprint density at radius 3 is 2.67 bits per heavy atom. The molecule has 2 N–H and O–H groups in total. The van der Waals surface area contributed by atoms with Crippen molar-refractivity contribution in [2.75, 3.05) is 19.0 Å². The van der Waals surface area contributed by atoms with Crippen LogP contribution in [0.4, 0.5) is 5.69 Å². The third-order valence-corrected chi connectivity index (χ3v) is 3.33. The molecule has 2 rings (SSSR count). The number of rotatable bonds is 6. The Balaban J connectivity index is 2.01. The van der Waals surface area contributed by atoms with Crippen LogP contribution < -0.4 is 14.8 Å². The first-order valence-electron chi connectivity index (χ1n) is 7.56. The van der Waals surface area contributed by atoms with Gasteiger partial charge >= 0.3 is 0 Å². The molecule has 0 unspecified atom stereocenters. The lowest BCUT2D eigenvalue weighted by molar-refractivity contribution is -0.118. The number of carbonyl (C=O) groups excluding carboxylic acids is 1. The number of benzene rings is 2. The number of methoxy groups -OCH3 is 1. The van der Waals surface area contributed by atoms with Gasteiger partial charge in [-0.2, -0.15) is 0 Å². The number of allylic oxidation sites excluding steroid dienone is 1. The zero-order valence-electron chi connectivity index (χ0n) is 14.0. The lowest BCUT2D eigenvalue weighted by atomic mass is 10.2. The zero-order valence-corrected chi connectivity index (χ0v) is 14.0. The van der Waals surface area contributed by atoms with E-state index in [1.165, 1.54) is 0 Å². The van der Waals surface area contributed by atoms with Crippen LogP contribution in [0.3, 0.4) is 0 Å². The predicted octanol–water partition coefficient (Wildman–Crippen LogP) is 3.76. The standard InChI is InChI=1S/C19H21NO4/c1-4-5-14-7-9-17(18(11-14)23-3)24-12-19(22)20-15-8-6-13(2)10-16(15)21/h4-11,21H,12H2,1-3H3,(H,20,22)/b5-4+. The molecule has 2 aromatic carbocycles. The summed E-state index contributed by atoms with van der Waals surface area (Å²) in [5, 5.41) is 12.4. The van der Waals surface area contributed by atoms with Crippen molar-refractivity contribution < 1.29 is 19.4 Å². The van der Waals surface area contributed by atoms with Crippen molar-refractivity contribution in [1.29, 1.82) is 0 Å². The highest BCUT2D eigenvalue weighted by molar-refractivity contribution is 5.93. The van der Waals surface area contributed by atoms with Crippen LogP contribution in [-0.4, -0.2) is 24.7 Å². The first kappa shape index (κ1) is 17.4. The average molecular weight is 327 g/mol. The molecule has 0 aliphatic rings. The van der Waals surface area contributed by atoms with Crippen LogP contribution in [0.1, 0.15) is 18.1 Å². The number of phenolic OH excluding ortho intramolecular Hbond substituents is 1. The van der Waals surface area contributed by atoms with E-state index in [9.17, 15) is 9.90 Å². The lowest BCUT2D eigenvalue weighted by Crippen LogP contribution is -2.20. The minimum Gasteiger partial charge on any atom is -0.506 e. The van der Waals surface area contributed by atoms with Gasteiger partial charge in [0.2, 0.25) is 0 Å². The second-order valence-corrected chi connectivity index (χ2v) is 5.27. The summed E-state index contributed by atoms with van der Waals surface area (Å²) in [6, 6.07) is 10.5. The monoisotopic (exact) mass is 327 g/mol. The molecule has 0 aromatic heterocycles. The number of nitrogens with one attached hydrogen (secondary N) is 1. The maximum Gasteiger partial charge on any atom is 0.262 e. The first-order valence-corrected chi connectivity index (χ1v) is 7.56. The lowest BCUT2D eigenvalue weighted by Gasteiger charge is -2.12. The molecule has 5 heteroatoms. The van der Waals surface area contributed by atoms with Crippen molar-refractivity contribution in [1.82, 2.24) is 0 Å². The highest BCUT2D eigenvalue weighted by Gasteiger charge is 2.10. The highest BCUT2D eigenvalue weighted by atomic mass is 16.5. The summed E-state index contributed by atoms with van der Waals surface area (Å²) < 4.78 is 10.8. The van der Waals surface area contributed by atoms with Gasteiger partial charge in [-0.1, -0.05) is 24.3 Å². The van der Waals surface area contributed by atoms with Gasteiger partial charge in [-0.25, -0.2) is 0 Å². The van der Waals surface area contributed by atoms with E-state index in [2.05, 4.69) is 5.32 Å². The second-order valence-electron chi connectivity index (χ2n) is 5.27. The van der Waals surface area contributed by atoms with Gasteiger partial charge in [0.1, 0.15) is 5.75 Å². The summed E-state index contributed by atoms with van der Waals surface area (Å²) in [4.78, 5) is 12.0. The van der Waals surface area contributed by atoms with Crippen LogP contribution in [0, 0.1) is 6.92 Å². The van der Waals surface area contributed by atoms with E-state index < -0.39 is 0 Å². The third-order valence-electron chi connectivity index (χ3n) is 3.33. The number of hydrogen-bond acceptors (Lipinski definition) is 4. The molecule has 24 heavy (non-hydrogen) atoms. The minimum atomic E-state index is -0.367. The average Bonchev–Trinajstić information content (AvgIpc) is 2.56. The van der Waals surface area contributed by atoms with Crippen LogP contribution >= 0.6 is 0 Å². The summed E-state index contributed by atoms with van der Waals surface area (Å²) >= 11 is 0. The number of aromatic hydroxyl groups is 1. The molecule has 1 amide bonds. The van der Waals surface area contributed by atoms with Crippen molar-refractivity contribution in [3.05, 3.63) is 53.6 Å². The van der Waals surface area contributed by atoms with Gasteiger partial charge in [-0.3, -0.25) is 4.79 Å². The molecule has 126 valence electrons. The Morgan fingerprint density at radius 1 is 1.21 bits per heavy atom. The summed E-state index contributed by atoms with van der Waals surface area (Å²) in [5.41, 5.74) is 2.24. The maximum atomic E-state index is 12.0. The molecule has 0 fully saturated rings. The van der Waals surface area contributed by atoms with Crippen molar-refractivity contribution in [2.45, 2.75) is 13.8 Å². The predicted molar refractivity (Wildman–Crippen MR) is 94.7 cm³/mol. The van der Waals surface area contributed by atoms with Gasteiger partial charge in [0.05, 0.1) is 12.8 Å². The van der Waals surface area contributed by atoms with E-state index in [0.717, 1.165) is 11.1 Å². The Labute approximate surface area is 141 Å². The quantitative estimate of drug-likeness (QED) is 0.793. The molecule has 0 bridgehead atoms. The number of carbonyl (C=O) groups is 1. The zero-order chi connectivity index (χ0) is 17.5. The van der Waals surface area contributed by atoms with E-state index in [4.69, 9.17) is 9.47 Å². The summed E-state index contributed by atoms with van der Waals surface area (Å²) in [6.45, 7) is 3.60. The molecule has 2 aromatic rings. The third kappa shape index (κ3) is 4.52. The normalized spacial score (nSPS) is 10.6. The number of hydrogen-bond donors (Lipinski definition) is 2. The molecule has 0 aliphatic heterocycles. The van der Waals surface area contributed by atoms with Gasteiger partial charge in [0.15, 0.2) is 18.1 Å². The number of aryl methyl sites for hydroxylation is 1. The smallest absolute Gasteiger partial charge is 0.262 e. The molecule has 0 heterocycles. The van der Waals surface area contributed by atoms with Crippen LogP contribution in [0.15, 0.2) is 42.5 Å². The Hall–Kier alpha value is -2.95. The summed E-state index contributed by atoms with van der Waals surface area (Å²) in [7, 11) is 1.55. The van der Waals surface area contributed by atoms with E-state index in [-0.39, 0.29) is 18.3 Å². The number of ether oxygens (including phenoxy) is 2. The van der Waals surface area contributed by atoms with Gasteiger partial charge in [-0.05, 0) is 49.2 Å². The number of anilines is 1. The summed E-state index contributed by atoms with van der Waals surface area (Å²) in [6.07, 6.45) is 3.87. The number of phenols is 1. The molecular formula is C19H21NO4. The summed E-state index contributed by atoms with van der Waals surface area (Å²) in [5.74, 6) is 0.691. The molecular weight excluding hydrogens is 306 g/mol. The van der Waals surface area contributed by atoms with Gasteiger partial charge in [-0.15, -0.1) is 0 Å². The minimum absolute atomic E-state index is 0.0247. The Morgan fingerprint density at radius 2 is 2.00 bits per heavy atom. The maximum absolute atomic E-state index is 12.0. The van der Waals surface area contributed by atoms with Crippen LogP contribution in [0.2, 0.25) is 0 Å². The molecule has 0 saturated carbocycles. The fourth-order valence-electron chi connectivity index (χ4n) is 2.18. The van der Waals surface area contributed by atoms with E-state index >= 15 is 0 Å². The van der Waals surface area contributed by atoms with Gasteiger partial charge in [0, 0.05) is 0 Å². The van der Waals surface area contributed by atoms with E-state index in [1.54, 1.807) is 31.4 Å². The van der Waals surface area contributed by atoms with Crippen molar-refractivity contribution in [3.8, 4) is 17.2 Å². The largest absolute Gasteiger partial charge is 0.506 e. The van der Waals surface area contributed by atoms with Crippen molar-refractivity contribution in [3.63, 3.8) is 0 Å². The molecule has 0 saturated heterocycles. The fourth-order valence-corrected chi connectivity index (χ4v) is 2.18. The second kappa shape index (κ2) is 8.06. The molecule has 5 nitrogen and oxygen atoms in total. The van der Waals surface area contributed by atoms with Crippen LogP contribution in [-0.2, 0) is 4.79 Å². The van der Waals surface area contributed by atoms with E-state index in [1.807, 2.05) is 38.1 Å². The van der Waals surface area contributed by atoms with Crippen molar-refractivity contribution in [2.24, 2.45) is 0 Å². The molecule has 0 atom stereocenters. The van der Waals surface area contributed by atoms with Gasteiger partial charge < -0.3 is 19.9 Å². The fraction of sp³-hybridized carbons (Fsp3) is 0.211. The molecule has 0 aliphatic carbocycles. The number of amides is 1. The first-order chi connectivity index (χ1) is 11.5. The molecule has 0 spiro atoms. The van der Waals surface area contributed by atoms with Gasteiger partial charge in [0.25, 0.3) is 5.91 Å². The van der Waals surface area contributed by atoms with Crippen LogP contribution in [0.25, 0.3) is 6.08 Å².